The second-order valence-electron chi connectivity index (χ2n) is 19.5. The number of hydrogen-bond acceptors (Lipinski definition) is 10. The number of nitrogens with one attached hydrogen (secondary N) is 1. The normalized spacial score (nSPS) is 16.1. The molecule has 0 unspecified atom stereocenters. The molecule has 0 spiro atoms. The van der Waals surface area contributed by atoms with E-state index in [4.69, 9.17) is 40.5 Å². The Bertz CT molecular complexity index is 3620. The maximum Gasteiger partial charge on any atom is 0.227 e. The highest BCUT2D eigenvalue weighted by Crippen LogP contribution is 2.36. The van der Waals surface area contributed by atoms with E-state index in [2.05, 4.69) is 35.1 Å². The van der Waals surface area contributed by atoms with Gasteiger partial charge in [0, 0.05) is 47.8 Å². The van der Waals surface area contributed by atoms with Crippen molar-refractivity contribution in [1.29, 1.82) is 21.0 Å². The summed E-state index contributed by atoms with van der Waals surface area (Å²) in [6, 6.07) is 41.0. The van der Waals surface area contributed by atoms with Crippen LogP contribution in [0, 0.1) is 45.3 Å². The summed E-state index contributed by atoms with van der Waals surface area (Å²) in [5.41, 5.74) is 18.1. The van der Waals surface area contributed by atoms with Crippen LogP contribution < -0.4 is 10.5 Å². The Balaban J connectivity index is 0.000000172. The van der Waals surface area contributed by atoms with Crippen LogP contribution in [0.3, 0.4) is 0 Å². The lowest BCUT2D eigenvalue weighted by molar-refractivity contribution is -0.133. The summed E-state index contributed by atoms with van der Waals surface area (Å²) in [6.07, 6.45) is 3.53. The molecule has 6 aromatic carbocycles. The highest BCUT2D eigenvalue weighted by Gasteiger charge is 2.33. The summed E-state index contributed by atoms with van der Waals surface area (Å²) in [7, 11) is -3.29. The van der Waals surface area contributed by atoms with Crippen LogP contribution in [-0.4, -0.2) is 66.7 Å². The monoisotopic (exact) mass is 1130 g/mol. The molecule has 0 saturated heterocycles. The molecule has 0 fully saturated rings. The SMILES string of the molecule is C[C@H]1c2cccc(C#N)c2CCN1C(=O)Cc1c(Cl)cccc1C#N.C[C@H]1c2cccc(CN)c2CCN1C(=O)Cc1c(Cl)cccc1C#N.C[C@H]1c2cccc(CNS(C)(=O)=O)c2CCN1C(=O)Cc1c(Cl)cccc1C#N. The zero-order chi connectivity index (χ0) is 57.1. The second kappa shape index (κ2) is 26.4. The molecule has 0 saturated carbocycles. The van der Waals surface area contributed by atoms with Crippen molar-refractivity contribution >= 4 is 62.5 Å². The lowest BCUT2D eigenvalue weighted by Gasteiger charge is -2.36. The minimum atomic E-state index is -3.29. The van der Waals surface area contributed by atoms with E-state index in [1.54, 1.807) is 64.4 Å². The number of carbonyl (C=O) groups is 3. The summed E-state index contributed by atoms with van der Waals surface area (Å²) in [6.45, 7) is 8.43. The van der Waals surface area contributed by atoms with Gasteiger partial charge in [0.1, 0.15) is 0 Å². The number of fused-ring (bicyclic) bond motifs is 3. The summed E-state index contributed by atoms with van der Waals surface area (Å²) < 4.78 is 25.4. The molecule has 0 radical (unpaired) electrons. The van der Waals surface area contributed by atoms with Gasteiger partial charge in [0.15, 0.2) is 0 Å². The molecule has 14 nitrogen and oxygen atoms in total. The second-order valence-corrected chi connectivity index (χ2v) is 22.5. The van der Waals surface area contributed by atoms with E-state index in [1.165, 1.54) is 5.56 Å². The Labute approximate surface area is 477 Å². The summed E-state index contributed by atoms with van der Waals surface area (Å²) in [5, 5.41) is 38.4. The fourth-order valence-electron chi connectivity index (χ4n) is 10.7. The molecule has 0 aromatic heterocycles. The molecule has 3 amide bonds. The van der Waals surface area contributed by atoms with Crippen LogP contribution in [0.15, 0.2) is 109 Å². The van der Waals surface area contributed by atoms with Gasteiger partial charge in [-0.1, -0.05) is 102 Å². The fourth-order valence-corrected chi connectivity index (χ4v) is 11.9. The summed E-state index contributed by atoms with van der Waals surface area (Å²) in [4.78, 5) is 44.2. The van der Waals surface area contributed by atoms with Crippen molar-refractivity contribution in [3.8, 4) is 24.3 Å². The average molecular weight is 1140 g/mol. The van der Waals surface area contributed by atoms with Gasteiger partial charge < -0.3 is 20.4 Å². The van der Waals surface area contributed by atoms with Crippen LogP contribution in [0.4, 0.5) is 0 Å². The maximum absolute atomic E-state index is 13.0. The van der Waals surface area contributed by atoms with Gasteiger partial charge in [-0.15, -0.1) is 0 Å². The standard InChI is InChI=1S/C21H22ClN3O3S.C20H20ClN3O.C20H16ClN3O/c1-14-17-7-3-6-16(13-24-29(2,27)28)18(17)9-10-25(14)21(26)11-19-15(12-23)5-4-8-20(19)22;2*1-13-16-6-2-4-14(11-22)17(16)8-9-24(13)20(25)10-18-15(12-23)5-3-7-19(18)21/h3-8,14,24H,9-11,13H2,1-2H3;2-7,13H,8-11,22H2,1H3;2-7,13H,8-10H2,1H3/t14-;2*13-/m000/s1. The first-order valence-corrected chi connectivity index (χ1v) is 28.7. The third-order valence-electron chi connectivity index (χ3n) is 14.9. The van der Waals surface area contributed by atoms with E-state index in [1.807, 2.05) is 74.2 Å². The molecule has 3 aliphatic heterocycles. The van der Waals surface area contributed by atoms with Gasteiger partial charge in [-0.2, -0.15) is 21.0 Å². The van der Waals surface area contributed by atoms with Crippen molar-refractivity contribution in [2.24, 2.45) is 5.73 Å². The Kier molecular flexibility index (Phi) is 19.7. The van der Waals surface area contributed by atoms with Crippen LogP contribution in [0.5, 0.6) is 0 Å². The smallest absolute Gasteiger partial charge is 0.227 e. The van der Waals surface area contributed by atoms with Gasteiger partial charge in [0.05, 0.1) is 90.2 Å². The Morgan fingerprint density at radius 1 is 0.519 bits per heavy atom. The maximum atomic E-state index is 13.0. The molecule has 9 rings (SSSR count). The third-order valence-corrected chi connectivity index (χ3v) is 16.7. The van der Waals surface area contributed by atoms with E-state index in [0.29, 0.717) is 93.0 Å². The molecular weight excluding hydrogens is 1080 g/mol. The minimum Gasteiger partial charge on any atom is -0.335 e. The Hall–Kier alpha value is -7.57. The molecular formula is C61H58Cl3N9O5S. The first-order valence-electron chi connectivity index (χ1n) is 25.6. The number of halogens is 3. The minimum absolute atomic E-state index is 0.0131. The van der Waals surface area contributed by atoms with Crippen LogP contribution in [0.2, 0.25) is 15.1 Å². The van der Waals surface area contributed by atoms with E-state index >= 15 is 0 Å². The van der Waals surface area contributed by atoms with Crippen molar-refractivity contribution in [2.45, 2.75) is 90.5 Å². The predicted molar refractivity (Wildman–Crippen MR) is 305 cm³/mol. The Morgan fingerprint density at radius 2 is 0.835 bits per heavy atom. The van der Waals surface area contributed by atoms with E-state index in [0.717, 1.165) is 51.6 Å². The molecule has 3 atom stereocenters. The average Bonchev–Trinajstić information content (AvgIpc) is 3.47. The van der Waals surface area contributed by atoms with Crippen LogP contribution >= 0.6 is 34.8 Å². The van der Waals surface area contributed by atoms with Crippen molar-refractivity contribution in [3.05, 3.63) is 208 Å². The van der Waals surface area contributed by atoms with E-state index in [9.17, 15) is 43.8 Å². The van der Waals surface area contributed by atoms with Crippen molar-refractivity contribution in [2.75, 3.05) is 25.9 Å². The molecule has 18 heteroatoms. The zero-order valence-electron chi connectivity index (χ0n) is 44.2. The van der Waals surface area contributed by atoms with Crippen LogP contribution in [0.25, 0.3) is 0 Å². The molecule has 0 bridgehead atoms. The van der Waals surface area contributed by atoms with Crippen LogP contribution in [-0.2, 0) is 76.0 Å². The van der Waals surface area contributed by atoms with Crippen molar-refractivity contribution in [3.63, 3.8) is 0 Å². The molecule has 0 aliphatic carbocycles. The predicted octanol–water partition coefficient (Wildman–Crippen LogP) is 10.1. The molecule has 3 N–H and O–H groups in total. The molecule has 3 aliphatic rings. The number of hydrogen-bond donors (Lipinski definition) is 2. The number of benzene rings is 6. The van der Waals surface area contributed by atoms with Crippen molar-refractivity contribution < 1.29 is 22.8 Å². The number of nitrogens with zero attached hydrogens (tertiary/aromatic N) is 7. The number of amides is 3. The number of nitrogens with two attached hydrogens (primary N) is 1. The first-order chi connectivity index (χ1) is 37.8. The largest absolute Gasteiger partial charge is 0.335 e. The van der Waals surface area contributed by atoms with Gasteiger partial charge >= 0.3 is 0 Å². The highest BCUT2D eigenvalue weighted by molar-refractivity contribution is 7.88. The number of carbonyl (C=O) groups excluding carboxylic acids is 3. The molecule has 6 aromatic rings. The zero-order valence-corrected chi connectivity index (χ0v) is 47.3. The molecule has 79 heavy (non-hydrogen) atoms. The van der Waals surface area contributed by atoms with Gasteiger partial charge in [-0.25, -0.2) is 13.1 Å². The molecule has 3 heterocycles. The quantitative estimate of drug-likeness (QED) is 0.132. The number of sulfonamides is 1. The fraction of sp³-hybridized carbons (Fsp3) is 0.295. The van der Waals surface area contributed by atoms with E-state index < -0.39 is 10.0 Å². The first kappa shape index (κ1) is 59.1. The van der Waals surface area contributed by atoms with Gasteiger partial charge in [-0.3, -0.25) is 14.4 Å². The number of nitriles is 4. The lowest BCUT2D eigenvalue weighted by Crippen LogP contribution is -2.40. The number of rotatable bonds is 10. The molecule has 404 valence electrons. The summed E-state index contributed by atoms with van der Waals surface area (Å²) >= 11 is 18.6. The Morgan fingerprint density at radius 3 is 1.20 bits per heavy atom. The van der Waals surface area contributed by atoms with E-state index in [-0.39, 0.29) is 61.7 Å². The van der Waals surface area contributed by atoms with Gasteiger partial charge in [0.25, 0.3) is 0 Å². The topological polar surface area (TPSA) is 228 Å². The van der Waals surface area contributed by atoms with Crippen LogP contribution in [0.1, 0.15) is 122 Å². The lowest BCUT2D eigenvalue weighted by atomic mass is 9.89. The highest BCUT2D eigenvalue weighted by atomic mass is 35.5. The third kappa shape index (κ3) is 13.7. The van der Waals surface area contributed by atoms with Gasteiger partial charge in [-0.05, 0) is 144 Å². The summed E-state index contributed by atoms with van der Waals surface area (Å²) in [5.74, 6) is -0.168. The van der Waals surface area contributed by atoms with Gasteiger partial charge in [0.2, 0.25) is 27.7 Å². The van der Waals surface area contributed by atoms with Crippen molar-refractivity contribution in [1.82, 2.24) is 19.4 Å².